The summed E-state index contributed by atoms with van der Waals surface area (Å²) in [5.41, 5.74) is 1.35. The summed E-state index contributed by atoms with van der Waals surface area (Å²) >= 11 is 6.34. The summed E-state index contributed by atoms with van der Waals surface area (Å²) in [5, 5.41) is 14.0. The van der Waals surface area contributed by atoms with E-state index < -0.39 is 6.10 Å². The van der Waals surface area contributed by atoms with Gasteiger partial charge in [-0.1, -0.05) is 37.3 Å². The lowest BCUT2D eigenvalue weighted by atomic mass is 9.96. The minimum absolute atomic E-state index is 0.0305. The van der Waals surface area contributed by atoms with Gasteiger partial charge < -0.3 is 15.0 Å². The molecule has 25 heavy (non-hydrogen) atoms. The number of nitrogens with one attached hydrogen (secondary N) is 1. The van der Waals surface area contributed by atoms with Gasteiger partial charge in [0.2, 0.25) is 5.91 Å². The Morgan fingerprint density at radius 2 is 2.12 bits per heavy atom. The summed E-state index contributed by atoms with van der Waals surface area (Å²) < 4.78 is 1.84. The molecule has 0 aromatic carbocycles. The van der Waals surface area contributed by atoms with Crippen molar-refractivity contribution in [3.05, 3.63) is 23.5 Å². The number of hydrogen-bond donors (Lipinski definition) is 2. The summed E-state index contributed by atoms with van der Waals surface area (Å²) in [5.74, 6) is 0.504. The number of carbonyl (C=O) groups is 1. The fourth-order valence-electron chi connectivity index (χ4n) is 3.73. The van der Waals surface area contributed by atoms with Crippen LogP contribution in [-0.2, 0) is 11.3 Å². The second kappa shape index (κ2) is 8.19. The number of carbonyl (C=O) groups excluding carboxylic acids is 1. The highest BCUT2D eigenvalue weighted by Crippen LogP contribution is 2.32. The van der Waals surface area contributed by atoms with Crippen LogP contribution in [0, 0.1) is 5.92 Å². The molecule has 0 saturated heterocycles. The fraction of sp³-hybridized carbons (Fsp3) is 0.579. The zero-order chi connectivity index (χ0) is 17.8. The molecule has 0 spiro atoms. The van der Waals surface area contributed by atoms with Crippen molar-refractivity contribution in [3.8, 4) is 0 Å². The number of aromatic nitrogens is 2. The number of aliphatic hydroxyl groups is 1. The van der Waals surface area contributed by atoms with Crippen molar-refractivity contribution in [1.29, 1.82) is 0 Å². The average molecular weight is 364 g/mol. The molecule has 0 unspecified atom stereocenters. The van der Waals surface area contributed by atoms with Crippen molar-refractivity contribution in [2.75, 3.05) is 5.32 Å². The second-order valence-corrected chi connectivity index (χ2v) is 7.55. The third-order valence-corrected chi connectivity index (χ3v) is 5.21. The van der Waals surface area contributed by atoms with E-state index in [9.17, 15) is 9.90 Å². The molecule has 1 saturated carbocycles. The SMILES string of the molecule is C[C@@H](O)Cn1cc(NC(=O)CC2CCCCCC2)c2c(Cl)ccnc21. The van der Waals surface area contributed by atoms with E-state index in [0.29, 0.717) is 35.2 Å². The first-order chi connectivity index (χ1) is 12.0. The monoisotopic (exact) mass is 363 g/mol. The number of fused-ring (bicyclic) bond motifs is 1. The van der Waals surface area contributed by atoms with E-state index in [1.807, 2.05) is 10.8 Å². The molecule has 136 valence electrons. The molecule has 2 aromatic heterocycles. The van der Waals surface area contributed by atoms with Crippen LogP contribution in [0.1, 0.15) is 51.9 Å². The molecule has 0 bridgehead atoms. The van der Waals surface area contributed by atoms with Gasteiger partial charge in [0.05, 0.1) is 22.2 Å². The lowest BCUT2D eigenvalue weighted by Gasteiger charge is -2.13. The van der Waals surface area contributed by atoms with E-state index in [4.69, 9.17) is 11.6 Å². The predicted octanol–water partition coefficient (Wildman–Crippen LogP) is 4.37. The van der Waals surface area contributed by atoms with Gasteiger partial charge in [0.1, 0.15) is 5.65 Å². The minimum Gasteiger partial charge on any atom is -0.392 e. The molecule has 1 aliphatic carbocycles. The Morgan fingerprint density at radius 1 is 1.40 bits per heavy atom. The molecular weight excluding hydrogens is 338 g/mol. The zero-order valence-corrected chi connectivity index (χ0v) is 15.4. The standard InChI is InChI=1S/C19H26ClN3O2/c1-13(24)11-23-12-16(18-15(20)8-9-21-19(18)23)22-17(25)10-14-6-4-2-3-5-7-14/h8-9,12-14,24H,2-7,10-11H2,1H3,(H,22,25)/t13-/m1/s1. The summed E-state index contributed by atoms with van der Waals surface area (Å²) in [6.07, 6.45) is 10.8. The first kappa shape index (κ1) is 18.2. The van der Waals surface area contributed by atoms with Gasteiger partial charge in [-0.3, -0.25) is 4.79 Å². The van der Waals surface area contributed by atoms with Gasteiger partial charge in [-0.25, -0.2) is 4.98 Å². The summed E-state index contributed by atoms with van der Waals surface area (Å²) in [7, 11) is 0. The Kier molecular flexibility index (Phi) is 5.97. The van der Waals surface area contributed by atoms with E-state index in [2.05, 4.69) is 10.3 Å². The van der Waals surface area contributed by atoms with E-state index in [-0.39, 0.29) is 5.91 Å². The quantitative estimate of drug-likeness (QED) is 0.775. The van der Waals surface area contributed by atoms with Crippen LogP contribution in [0.2, 0.25) is 5.02 Å². The normalized spacial score (nSPS) is 17.4. The van der Waals surface area contributed by atoms with Crippen molar-refractivity contribution in [1.82, 2.24) is 9.55 Å². The topological polar surface area (TPSA) is 67.2 Å². The first-order valence-corrected chi connectivity index (χ1v) is 9.53. The fourth-order valence-corrected chi connectivity index (χ4v) is 3.97. The van der Waals surface area contributed by atoms with Crippen molar-refractivity contribution >= 4 is 34.2 Å². The largest absolute Gasteiger partial charge is 0.392 e. The number of aliphatic hydroxyl groups excluding tert-OH is 1. The molecule has 1 fully saturated rings. The molecule has 2 aromatic rings. The Balaban J connectivity index is 1.79. The summed E-state index contributed by atoms with van der Waals surface area (Å²) in [6, 6.07) is 1.72. The van der Waals surface area contributed by atoms with Crippen molar-refractivity contribution < 1.29 is 9.90 Å². The van der Waals surface area contributed by atoms with Crippen LogP contribution >= 0.6 is 11.6 Å². The van der Waals surface area contributed by atoms with Crippen LogP contribution in [-0.4, -0.2) is 26.7 Å². The van der Waals surface area contributed by atoms with Gasteiger partial charge in [-0.2, -0.15) is 0 Å². The van der Waals surface area contributed by atoms with E-state index in [1.165, 1.54) is 25.7 Å². The average Bonchev–Trinajstić information content (AvgIpc) is 2.72. The number of amides is 1. The molecule has 2 N–H and O–H groups in total. The molecular formula is C19H26ClN3O2. The van der Waals surface area contributed by atoms with Crippen LogP contribution in [0.15, 0.2) is 18.5 Å². The van der Waals surface area contributed by atoms with Gasteiger partial charge in [-0.05, 0) is 31.7 Å². The van der Waals surface area contributed by atoms with Crippen molar-refractivity contribution in [2.24, 2.45) is 5.92 Å². The third-order valence-electron chi connectivity index (χ3n) is 4.89. The molecule has 0 aliphatic heterocycles. The first-order valence-electron chi connectivity index (χ1n) is 9.16. The van der Waals surface area contributed by atoms with E-state index >= 15 is 0 Å². The second-order valence-electron chi connectivity index (χ2n) is 7.15. The smallest absolute Gasteiger partial charge is 0.224 e. The summed E-state index contributed by atoms with van der Waals surface area (Å²) in [6.45, 7) is 2.13. The maximum Gasteiger partial charge on any atom is 0.224 e. The molecule has 1 atom stereocenters. The Hall–Kier alpha value is -1.59. The van der Waals surface area contributed by atoms with Crippen molar-refractivity contribution in [2.45, 2.75) is 64.5 Å². The minimum atomic E-state index is -0.508. The van der Waals surface area contributed by atoms with Gasteiger partial charge in [0.25, 0.3) is 0 Å². The Labute approximate surface area is 153 Å². The maximum atomic E-state index is 12.5. The number of pyridine rings is 1. The van der Waals surface area contributed by atoms with Crippen LogP contribution in [0.5, 0.6) is 0 Å². The molecule has 2 heterocycles. The predicted molar refractivity (Wildman–Crippen MR) is 101 cm³/mol. The Bertz CT molecular complexity index is 734. The van der Waals surface area contributed by atoms with Gasteiger partial charge >= 0.3 is 0 Å². The van der Waals surface area contributed by atoms with Gasteiger partial charge in [0, 0.05) is 25.4 Å². The van der Waals surface area contributed by atoms with Crippen molar-refractivity contribution in [3.63, 3.8) is 0 Å². The highest BCUT2D eigenvalue weighted by atomic mass is 35.5. The van der Waals surface area contributed by atoms with Crippen LogP contribution in [0.25, 0.3) is 11.0 Å². The summed E-state index contributed by atoms with van der Waals surface area (Å²) in [4.78, 5) is 16.9. The number of anilines is 1. The molecule has 3 rings (SSSR count). The highest BCUT2D eigenvalue weighted by molar-refractivity contribution is 6.36. The molecule has 5 nitrogen and oxygen atoms in total. The number of hydrogen-bond acceptors (Lipinski definition) is 3. The lowest BCUT2D eigenvalue weighted by molar-refractivity contribution is -0.117. The molecule has 1 amide bonds. The zero-order valence-electron chi connectivity index (χ0n) is 14.7. The number of rotatable bonds is 5. The third kappa shape index (κ3) is 4.53. The van der Waals surface area contributed by atoms with Gasteiger partial charge in [0.15, 0.2) is 0 Å². The number of nitrogens with zero attached hydrogens (tertiary/aromatic N) is 2. The molecule has 6 heteroatoms. The van der Waals surface area contributed by atoms with Crippen LogP contribution < -0.4 is 5.32 Å². The number of halogens is 1. The Morgan fingerprint density at radius 3 is 2.80 bits per heavy atom. The highest BCUT2D eigenvalue weighted by Gasteiger charge is 2.19. The van der Waals surface area contributed by atoms with E-state index in [1.54, 1.807) is 19.2 Å². The van der Waals surface area contributed by atoms with Crippen LogP contribution in [0.3, 0.4) is 0 Å². The lowest BCUT2D eigenvalue weighted by Crippen LogP contribution is -2.16. The molecule has 1 aliphatic rings. The van der Waals surface area contributed by atoms with Gasteiger partial charge in [-0.15, -0.1) is 0 Å². The van der Waals surface area contributed by atoms with E-state index in [0.717, 1.165) is 18.2 Å². The van der Waals surface area contributed by atoms with Crippen LogP contribution in [0.4, 0.5) is 5.69 Å². The molecule has 0 radical (unpaired) electrons. The maximum absolute atomic E-state index is 12.5.